The van der Waals surface area contributed by atoms with E-state index >= 15 is 0 Å². The number of aromatic nitrogens is 2. The van der Waals surface area contributed by atoms with Gasteiger partial charge in [-0.15, -0.1) is 0 Å². The molecule has 0 saturated heterocycles. The van der Waals surface area contributed by atoms with Gasteiger partial charge in [0.2, 0.25) is 0 Å². The highest BCUT2D eigenvalue weighted by Crippen LogP contribution is 2.26. The molecular formula is C11H12BrN3. The summed E-state index contributed by atoms with van der Waals surface area (Å²) in [7, 11) is 0. The zero-order valence-electron chi connectivity index (χ0n) is 8.63. The largest absolute Gasteiger partial charge is 0.369 e. The van der Waals surface area contributed by atoms with E-state index in [0.717, 1.165) is 21.4 Å². The van der Waals surface area contributed by atoms with Crippen LogP contribution in [0.3, 0.4) is 0 Å². The predicted octanol–water partition coefficient (Wildman–Crippen LogP) is 3.04. The molecule has 0 aliphatic rings. The maximum atomic E-state index is 5.61. The number of aryl methyl sites for hydroxylation is 2. The van der Waals surface area contributed by atoms with E-state index in [0.29, 0.717) is 5.95 Å². The second-order valence-electron chi connectivity index (χ2n) is 3.56. The molecule has 0 saturated carbocycles. The summed E-state index contributed by atoms with van der Waals surface area (Å²) in [6, 6.07) is 6.16. The maximum Gasteiger partial charge on any atom is 0.198 e. The molecule has 3 N–H and O–H groups in total. The number of hydrogen-bond donors (Lipinski definition) is 2. The fraction of sp³-hybridized carbons (Fsp3) is 0.182. The highest BCUT2D eigenvalue weighted by Gasteiger charge is 2.08. The van der Waals surface area contributed by atoms with Crippen molar-refractivity contribution in [3.8, 4) is 11.3 Å². The van der Waals surface area contributed by atoms with Crippen LogP contribution in [-0.4, -0.2) is 9.97 Å². The summed E-state index contributed by atoms with van der Waals surface area (Å²) in [4.78, 5) is 7.24. The summed E-state index contributed by atoms with van der Waals surface area (Å²) in [5.41, 5.74) is 9.78. The first-order chi connectivity index (χ1) is 7.08. The minimum Gasteiger partial charge on any atom is -0.369 e. The Balaban J connectivity index is 2.54. The van der Waals surface area contributed by atoms with Gasteiger partial charge in [0.1, 0.15) is 0 Å². The number of imidazole rings is 1. The van der Waals surface area contributed by atoms with Gasteiger partial charge >= 0.3 is 0 Å². The highest BCUT2D eigenvalue weighted by atomic mass is 79.9. The van der Waals surface area contributed by atoms with E-state index in [-0.39, 0.29) is 0 Å². The number of aromatic amines is 1. The number of rotatable bonds is 1. The second kappa shape index (κ2) is 3.70. The first-order valence-electron chi connectivity index (χ1n) is 4.66. The molecule has 1 heterocycles. The van der Waals surface area contributed by atoms with Gasteiger partial charge in [-0.3, -0.25) is 0 Å². The van der Waals surface area contributed by atoms with Crippen molar-refractivity contribution in [3.05, 3.63) is 33.9 Å². The molecule has 0 fully saturated rings. The second-order valence-corrected chi connectivity index (χ2v) is 4.41. The standard InChI is InChI=1S/C11H12BrN3/c1-6-3-4-8(5-9(6)12)10-7(2)14-11(13)15-10/h3-5H,1-2H3,(H3,13,14,15). The third kappa shape index (κ3) is 1.90. The van der Waals surface area contributed by atoms with Gasteiger partial charge in [0.25, 0.3) is 0 Å². The van der Waals surface area contributed by atoms with Gasteiger partial charge in [0.05, 0.1) is 5.69 Å². The average molecular weight is 266 g/mol. The number of nitrogens with zero attached hydrogens (tertiary/aromatic N) is 1. The molecule has 0 amide bonds. The lowest BCUT2D eigenvalue weighted by Gasteiger charge is -2.02. The lowest BCUT2D eigenvalue weighted by atomic mass is 10.1. The lowest BCUT2D eigenvalue weighted by Crippen LogP contribution is -1.86. The molecule has 0 radical (unpaired) electrons. The van der Waals surface area contributed by atoms with Crippen molar-refractivity contribution in [3.63, 3.8) is 0 Å². The minimum atomic E-state index is 0.458. The molecule has 0 aliphatic heterocycles. The van der Waals surface area contributed by atoms with Gasteiger partial charge in [0.15, 0.2) is 5.95 Å². The number of H-pyrrole nitrogens is 1. The van der Waals surface area contributed by atoms with Crippen LogP contribution in [0.15, 0.2) is 22.7 Å². The Morgan fingerprint density at radius 1 is 1.33 bits per heavy atom. The summed E-state index contributed by atoms with van der Waals surface area (Å²) >= 11 is 3.51. The number of hydrogen-bond acceptors (Lipinski definition) is 2. The van der Waals surface area contributed by atoms with Crippen LogP contribution < -0.4 is 5.73 Å². The van der Waals surface area contributed by atoms with Crippen LogP contribution in [0.25, 0.3) is 11.3 Å². The Labute approximate surface area is 96.9 Å². The first kappa shape index (κ1) is 10.2. The number of nitrogen functional groups attached to an aromatic ring is 1. The van der Waals surface area contributed by atoms with E-state index in [4.69, 9.17) is 5.73 Å². The fourth-order valence-electron chi connectivity index (χ4n) is 1.50. The van der Waals surface area contributed by atoms with Crippen molar-refractivity contribution >= 4 is 21.9 Å². The van der Waals surface area contributed by atoms with Crippen LogP contribution >= 0.6 is 15.9 Å². The summed E-state index contributed by atoms with van der Waals surface area (Å²) in [6.07, 6.45) is 0. The van der Waals surface area contributed by atoms with E-state index in [9.17, 15) is 0 Å². The minimum absolute atomic E-state index is 0.458. The van der Waals surface area contributed by atoms with Crippen molar-refractivity contribution in [1.29, 1.82) is 0 Å². The molecule has 0 atom stereocenters. The van der Waals surface area contributed by atoms with Crippen molar-refractivity contribution in [1.82, 2.24) is 9.97 Å². The number of anilines is 1. The Hall–Kier alpha value is -1.29. The maximum absolute atomic E-state index is 5.61. The Bertz CT molecular complexity index is 503. The van der Waals surface area contributed by atoms with Gasteiger partial charge in [0, 0.05) is 15.7 Å². The van der Waals surface area contributed by atoms with Gasteiger partial charge in [-0.2, -0.15) is 0 Å². The van der Waals surface area contributed by atoms with Gasteiger partial charge in [-0.05, 0) is 25.5 Å². The van der Waals surface area contributed by atoms with Crippen molar-refractivity contribution in [2.75, 3.05) is 5.73 Å². The molecule has 2 aromatic rings. The van der Waals surface area contributed by atoms with Crippen molar-refractivity contribution < 1.29 is 0 Å². The zero-order chi connectivity index (χ0) is 11.0. The zero-order valence-corrected chi connectivity index (χ0v) is 10.2. The summed E-state index contributed by atoms with van der Waals surface area (Å²) < 4.78 is 1.08. The van der Waals surface area contributed by atoms with E-state index in [1.54, 1.807) is 0 Å². The van der Waals surface area contributed by atoms with Gasteiger partial charge < -0.3 is 10.7 Å². The topological polar surface area (TPSA) is 54.7 Å². The molecular weight excluding hydrogens is 254 g/mol. The summed E-state index contributed by atoms with van der Waals surface area (Å²) in [5, 5.41) is 0. The third-order valence-electron chi connectivity index (χ3n) is 2.35. The Kier molecular flexibility index (Phi) is 2.52. The molecule has 0 aliphatic carbocycles. The molecule has 1 aromatic heterocycles. The number of nitrogens with two attached hydrogens (primary N) is 1. The van der Waals surface area contributed by atoms with Crippen molar-refractivity contribution in [2.45, 2.75) is 13.8 Å². The highest BCUT2D eigenvalue weighted by molar-refractivity contribution is 9.10. The fourth-order valence-corrected chi connectivity index (χ4v) is 1.88. The molecule has 0 unspecified atom stereocenters. The summed E-state index contributed by atoms with van der Waals surface area (Å²) in [6.45, 7) is 4.02. The third-order valence-corrected chi connectivity index (χ3v) is 3.20. The van der Waals surface area contributed by atoms with Crippen LogP contribution in [0, 0.1) is 13.8 Å². The quantitative estimate of drug-likeness (QED) is 0.833. The van der Waals surface area contributed by atoms with Crippen molar-refractivity contribution in [2.24, 2.45) is 0 Å². The van der Waals surface area contributed by atoms with E-state index in [1.807, 2.05) is 13.0 Å². The average Bonchev–Trinajstić information content (AvgIpc) is 2.50. The predicted molar refractivity (Wildman–Crippen MR) is 65.6 cm³/mol. The first-order valence-corrected chi connectivity index (χ1v) is 5.46. The summed E-state index contributed by atoms with van der Waals surface area (Å²) in [5.74, 6) is 0.458. The molecule has 15 heavy (non-hydrogen) atoms. The molecule has 0 spiro atoms. The van der Waals surface area contributed by atoms with Crippen LogP contribution in [-0.2, 0) is 0 Å². The Morgan fingerprint density at radius 2 is 2.07 bits per heavy atom. The molecule has 78 valence electrons. The SMILES string of the molecule is Cc1ccc(-c2nc(N)[nH]c2C)cc1Br. The molecule has 1 aromatic carbocycles. The van der Waals surface area contributed by atoms with Crippen LogP contribution in [0.2, 0.25) is 0 Å². The smallest absolute Gasteiger partial charge is 0.198 e. The number of nitrogens with one attached hydrogen (secondary N) is 1. The molecule has 0 bridgehead atoms. The number of benzene rings is 1. The lowest BCUT2D eigenvalue weighted by molar-refractivity contribution is 1.26. The van der Waals surface area contributed by atoms with E-state index in [1.165, 1.54) is 5.56 Å². The molecule has 3 nitrogen and oxygen atoms in total. The molecule has 2 rings (SSSR count). The molecule has 4 heteroatoms. The van der Waals surface area contributed by atoms with Crippen LogP contribution in [0.1, 0.15) is 11.3 Å². The van der Waals surface area contributed by atoms with E-state index in [2.05, 4.69) is 45.0 Å². The number of halogens is 1. The Morgan fingerprint density at radius 3 is 2.60 bits per heavy atom. The van der Waals surface area contributed by atoms with E-state index < -0.39 is 0 Å². The van der Waals surface area contributed by atoms with Crippen LogP contribution in [0.5, 0.6) is 0 Å². The normalized spacial score (nSPS) is 10.6. The van der Waals surface area contributed by atoms with Gasteiger partial charge in [-0.25, -0.2) is 4.98 Å². The van der Waals surface area contributed by atoms with Crippen LogP contribution in [0.4, 0.5) is 5.95 Å². The monoisotopic (exact) mass is 265 g/mol. The van der Waals surface area contributed by atoms with Gasteiger partial charge in [-0.1, -0.05) is 28.1 Å².